The molecule has 11 aromatic carbocycles. The summed E-state index contributed by atoms with van der Waals surface area (Å²) in [6.45, 7) is 0. The first-order valence-electron chi connectivity index (χ1n) is 21.1. The summed E-state index contributed by atoms with van der Waals surface area (Å²) in [4.78, 5) is 2.42. The van der Waals surface area contributed by atoms with E-state index in [1.165, 1.54) is 71.3 Å². The van der Waals surface area contributed by atoms with E-state index in [0.29, 0.717) is 0 Å². The molecule has 0 bridgehead atoms. The Balaban J connectivity index is 1.03. The summed E-state index contributed by atoms with van der Waals surface area (Å²) >= 11 is 0. The molecule has 1 spiro atoms. The van der Waals surface area contributed by atoms with Crippen LogP contribution in [0.15, 0.2) is 224 Å². The molecule has 284 valence electrons. The molecule has 2 heteroatoms. The van der Waals surface area contributed by atoms with Gasteiger partial charge in [-0.3, -0.25) is 0 Å². The van der Waals surface area contributed by atoms with E-state index in [0.717, 1.165) is 44.9 Å². The molecule has 0 radical (unpaired) electrons. The van der Waals surface area contributed by atoms with Gasteiger partial charge in [-0.05, 0) is 96.7 Å². The molecule has 1 heterocycles. The van der Waals surface area contributed by atoms with Gasteiger partial charge >= 0.3 is 0 Å². The van der Waals surface area contributed by atoms with E-state index in [2.05, 4.69) is 229 Å². The lowest BCUT2D eigenvalue weighted by Gasteiger charge is -2.40. The van der Waals surface area contributed by atoms with Crippen molar-refractivity contribution in [1.82, 2.24) is 0 Å². The molecule has 0 saturated heterocycles. The first-order chi connectivity index (χ1) is 30.2. The molecule has 1 aliphatic carbocycles. The monoisotopic (exact) mass is 775 g/mol. The highest BCUT2D eigenvalue weighted by Crippen LogP contribution is 2.64. The third-order valence-electron chi connectivity index (χ3n) is 13.3. The molecule has 0 unspecified atom stereocenters. The number of rotatable bonds is 4. The molecule has 11 aromatic rings. The van der Waals surface area contributed by atoms with Crippen LogP contribution < -0.4 is 9.64 Å². The van der Waals surface area contributed by atoms with Gasteiger partial charge in [0.15, 0.2) is 0 Å². The van der Waals surface area contributed by atoms with E-state index >= 15 is 0 Å². The van der Waals surface area contributed by atoms with Crippen molar-refractivity contribution < 1.29 is 4.74 Å². The molecule has 2 aliphatic rings. The van der Waals surface area contributed by atoms with Crippen molar-refractivity contribution in [3.8, 4) is 33.8 Å². The minimum Gasteiger partial charge on any atom is -0.455 e. The maximum absolute atomic E-state index is 7.17. The molecule has 0 amide bonds. The fourth-order valence-electron chi connectivity index (χ4n) is 10.6. The lowest BCUT2D eigenvalue weighted by Crippen LogP contribution is -2.32. The average molecular weight is 776 g/mol. The summed E-state index contributed by atoms with van der Waals surface area (Å²) in [5.74, 6) is 1.87. The summed E-state index contributed by atoms with van der Waals surface area (Å²) in [6, 6.07) is 82.3. The molecule has 0 atom stereocenters. The quantitative estimate of drug-likeness (QED) is 0.177. The molecule has 1 aliphatic heterocycles. The maximum Gasteiger partial charge on any atom is 0.140 e. The van der Waals surface area contributed by atoms with E-state index in [1.807, 2.05) is 0 Å². The van der Waals surface area contributed by atoms with Crippen LogP contribution in [0.25, 0.3) is 65.3 Å². The first kappa shape index (κ1) is 34.0. The minimum atomic E-state index is -0.579. The van der Waals surface area contributed by atoms with Crippen LogP contribution in [0.3, 0.4) is 0 Å². The van der Waals surface area contributed by atoms with E-state index < -0.39 is 5.41 Å². The molecule has 0 fully saturated rings. The number of hydrogen-bond acceptors (Lipinski definition) is 2. The molecule has 2 nitrogen and oxygen atoms in total. The third kappa shape index (κ3) is 4.91. The standard InChI is InChI=1S/C59H37NO/c1-2-17-42-35-46(31-27-38(42)13-1)60(56-26-12-18-39-14-3-6-21-47(39)56)45-20-11-19-43(36-45)44-30-32-53-51(37-44)50-24-9-10-25-52(50)59(53)54-33-28-40-15-4-7-22-48(40)57(54)61-58-49-23-8-5-16-41(49)29-34-55(58)59/h1-37H. The Kier molecular flexibility index (Phi) is 7.26. The predicted molar refractivity (Wildman–Crippen MR) is 254 cm³/mol. The van der Waals surface area contributed by atoms with Crippen molar-refractivity contribution in [3.63, 3.8) is 0 Å². The van der Waals surface area contributed by atoms with Crippen molar-refractivity contribution >= 4 is 60.2 Å². The van der Waals surface area contributed by atoms with Crippen LogP contribution in [0.4, 0.5) is 17.1 Å². The second-order valence-electron chi connectivity index (χ2n) is 16.4. The lowest BCUT2D eigenvalue weighted by atomic mass is 9.65. The zero-order valence-electron chi connectivity index (χ0n) is 33.2. The highest BCUT2D eigenvalue weighted by molar-refractivity contribution is 6.02. The number of nitrogens with zero attached hydrogens (tertiary/aromatic N) is 1. The van der Waals surface area contributed by atoms with Gasteiger partial charge < -0.3 is 9.64 Å². The maximum atomic E-state index is 7.17. The van der Waals surface area contributed by atoms with E-state index in [9.17, 15) is 0 Å². The highest BCUT2D eigenvalue weighted by atomic mass is 16.5. The Labute approximate surface area is 354 Å². The van der Waals surface area contributed by atoms with Gasteiger partial charge in [-0.2, -0.15) is 0 Å². The Bertz CT molecular complexity index is 3510. The van der Waals surface area contributed by atoms with E-state index in [1.54, 1.807) is 0 Å². The average Bonchev–Trinajstić information content (AvgIpc) is 3.61. The Morgan fingerprint density at radius 2 is 0.836 bits per heavy atom. The first-order valence-corrected chi connectivity index (χ1v) is 21.1. The van der Waals surface area contributed by atoms with Crippen molar-refractivity contribution in [2.75, 3.05) is 4.90 Å². The Morgan fingerprint density at radius 3 is 1.59 bits per heavy atom. The van der Waals surface area contributed by atoms with Crippen LogP contribution in [-0.2, 0) is 5.41 Å². The molecule has 13 rings (SSSR count). The summed E-state index contributed by atoms with van der Waals surface area (Å²) in [6.07, 6.45) is 0. The predicted octanol–water partition coefficient (Wildman–Crippen LogP) is 15.9. The number of anilines is 3. The molecule has 0 N–H and O–H groups in total. The van der Waals surface area contributed by atoms with Gasteiger partial charge in [0, 0.05) is 38.7 Å². The fraction of sp³-hybridized carbons (Fsp3) is 0.0169. The zero-order valence-corrected chi connectivity index (χ0v) is 33.2. The van der Waals surface area contributed by atoms with Gasteiger partial charge in [0.1, 0.15) is 11.5 Å². The molecule has 0 aromatic heterocycles. The lowest BCUT2D eigenvalue weighted by molar-refractivity contribution is 0.447. The van der Waals surface area contributed by atoms with Crippen LogP contribution in [0, 0.1) is 0 Å². The third-order valence-corrected chi connectivity index (χ3v) is 13.3. The second-order valence-corrected chi connectivity index (χ2v) is 16.4. The van der Waals surface area contributed by atoms with Crippen LogP contribution >= 0.6 is 0 Å². The van der Waals surface area contributed by atoms with E-state index in [-0.39, 0.29) is 0 Å². The SMILES string of the molecule is c1cc(-c2ccc3c(c2)-c2ccccc2C32c3ccc4ccccc4c3Oc3c2ccc2ccccc32)cc(N(c2ccc3ccccc3c2)c2cccc3ccccc23)c1. The smallest absolute Gasteiger partial charge is 0.140 e. The fourth-order valence-corrected chi connectivity index (χ4v) is 10.6. The summed E-state index contributed by atoms with van der Waals surface area (Å²) in [5, 5.41) is 9.45. The van der Waals surface area contributed by atoms with E-state index in [4.69, 9.17) is 4.74 Å². The summed E-state index contributed by atoms with van der Waals surface area (Å²) < 4.78 is 7.17. The van der Waals surface area contributed by atoms with Crippen LogP contribution in [0.2, 0.25) is 0 Å². The Hall–Kier alpha value is -7.94. The topological polar surface area (TPSA) is 12.5 Å². The molecular weight excluding hydrogens is 739 g/mol. The number of ether oxygens (including phenoxy) is 1. The largest absolute Gasteiger partial charge is 0.455 e. The van der Waals surface area contributed by atoms with Crippen LogP contribution in [-0.4, -0.2) is 0 Å². The highest BCUT2D eigenvalue weighted by Gasteiger charge is 2.51. The van der Waals surface area contributed by atoms with Crippen molar-refractivity contribution in [1.29, 1.82) is 0 Å². The van der Waals surface area contributed by atoms with Gasteiger partial charge in [-0.15, -0.1) is 0 Å². The summed E-state index contributed by atoms with van der Waals surface area (Å²) in [7, 11) is 0. The van der Waals surface area contributed by atoms with Crippen LogP contribution in [0.1, 0.15) is 22.3 Å². The molecular formula is C59H37NO. The number of fused-ring (bicyclic) bond motifs is 15. The van der Waals surface area contributed by atoms with Gasteiger partial charge in [-0.1, -0.05) is 188 Å². The van der Waals surface area contributed by atoms with Crippen molar-refractivity contribution in [2.24, 2.45) is 0 Å². The zero-order chi connectivity index (χ0) is 40.1. The van der Waals surface area contributed by atoms with Gasteiger partial charge in [0.2, 0.25) is 0 Å². The van der Waals surface area contributed by atoms with Gasteiger partial charge in [0.25, 0.3) is 0 Å². The van der Waals surface area contributed by atoms with Crippen LogP contribution in [0.5, 0.6) is 11.5 Å². The number of hydrogen-bond donors (Lipinski definition) is 0. The molecule has 61 heavy (non-hydrogen) atoms. The summed E-state index contributed by atoms with van der Waals surface area (Å²) in [5.41, 5.74) is 12.5. The van der Waals surface area contributed by atoms with Gasteiger partial charge in [0.05, 0.1) is 11.1 Å². The van der Waals surface area contributed by atoms with Crippen molar-refractivity contribution in [2.45, 2.75) is 5.41 Å². The normalized spacial score (nSPS) is 13.2. The second kappa shape index (κ2) is 13.0. The molecule has 0 saturated carbocycles. The number of benzene rings is 11. The Morgan fingerprint density at radius 1 is 0.311 bits per heavy atom. The minimum absolute atomic E-state index is 0.579. The van der Waals surface area contributed by atoms with Gasteiger partial charge in [-0.25, -0.2) is 0 Å². The van der Waals surface area contributed by atoms with Crippen molar-refractivity contribution in [3.05, 3.63) is 247 Å².